The second kappa shape index (κ2) is 17.0. The molecule has 2 unspecified atom stereocenters. The zero-order valence-electron chi connectivity index (χ0n) is 33.0. The summed E-state index contributed by atoms with van der Waals surface area (Å²) in [6, 6.07) is 23.4. The summed E-state index contributed by atoms with van der Waals surface area (Å²) in [5, 5.41) is 0.818. The molecule has 0 spiro atoms. The van der Waals surface area contributed by atoms with Crippen LogP contribution >= 0.6 is 0 Å². The number of unbranched alkanes of at least 4 members (excludes halogenated alkanes) is 2. The molecule has 0 radical (unpaired) electrons. The van der Waals surface area contributed by atoms with Gasteiger partial charge in [-0.2, -0.15) is 0 Å². The average Bonchev–Trinajstić information content (AvgIpc) is 3.20. The number of nitrogens with zero attached hydrogens (tertiary/aromatic N) is 4. The maximum absolute atomic E-state index is 15.0. The number of anilines is 4. The number of carbonyl (C=O) groups excluding carboxylic acids is 4. The Bertz CT molecular complexity index is 1870. The van der Waals surface area contributed by atoms with E-state index in [-0.39, 0.29) is 35.5 Å². The molecule has 8 heteroatoms. The molecule has 0 aromatic heterocycles. The lowest BCUT2D eigenvalue weighted by atomic mass is 9.82. The van der Waals surface area contributed by atoms with E-state index in [1.165, 1.54) is 9.80 Å². The largest absolute Gasteiger partial charge is 0.341 e. The van der Waals surface area contributed by atoms with Gasteiger partial charge in [-0.25, -0.2) is 0 Å². The van der Waals surface area contributed by atoms with Crippen molar-refractivity contribution in [3.8, 4) is 0 Å². The Kier molecular flexibility index (Phi) is 12.2. The van der Waals surface area contributed by atoms with Gasteiger partial charge in [-0.15, -0.1) is 0 Å². The molecule has 2 heterocycles. The molecule has 8 nitrogen and oxygen atoms in total. The van der Waals surface area contributed by atoms with Crippen LogP contribution in [-0.2, 0) is 0 Å². The van der Waals surface area contributed by atoms with Gasteiger partial charge in [0.15, 0.2) is 0 Å². The van der Waals surface area contributed by atoms with Crippen LogP contribution < -0.4 is 9.80 Å². The molecule has 4 aromatic carbocycles. The van der Waals surface area contributed by atoms with Gasteiger partial charge in [-0.05, 0) is 74.9 Å². The number of hydrogen-bond acceptors (Lipinski definition) is 6. The predicted molar refractivity (Wildman–Crippen MR) is 220 cm³/mol. The normalized spacial score (nSPS) is 14.9. The quantitative estimate of drug-likeness (QED) is 0.0949. The van der Waals surface area contributed by atoms with Crippen molar-refractivity contribution in [3.63, 3.8) is 0 Å². The maximum atomic E-state index is 15.0. The third-order valence-corrected chi connectivity index (χ3v) is 11.6. The van der Waals surface area contributed by atoms with E-state index in [0.717, 1.165) is 62.7 Å². The molecule has 284 valence electrons. The van der Waals surface area contributed by atoms with Gasteiger partial charge >= 0.3 is 0 Å². The number of imide groups is 2. The minimum atomic E-state index is -0.377. The third-order valence-electron chi connectivity index (χ3n) is 11.6. The van der Waals surface area contributed by atoms with Crippen LogP contribution in [0.4, 0.5) is 22.7 Å². The first-order valence-corrected chi connectivity index (χ1v) is 20.3. The van der Waals surface area contributed by atoms with Crippen LogP contribution in [0.15, 0.2) is 72.8 Å². The Hall–Kier alpha value is -4.98. The highest BCUT2D eigenvalue weighted by Gasteiger charge is 2.44. The average molecular weight is 729 g/mol. The number of amides is 4. The van der Waals surface area contributed by atoms with Crippen LogP contribution in [0, 0.1) is 11.8 Å². The van der Waals surface area contributed by atoms with Crippen LogP contribution in [0.2, 0.25) is 0 Å². The first-order chi connectivity index (χ1) is 26.2. The Morgan fingerprint density at radius 2 is 0.889 bits per heavy atom. The van der Waals surface area contributed by atoms with Crippen molar-refractivity contribution < 1.29 is 19.2 Å². The summed E-state index contributed by atoms with van der Waals surface area (Å²) in [5.74, 6) is -1.20. The highest BCUT2D eigenvalue weighted by Crippen LogP contribution is 2.48. The molecule has 0 bridgehead atoms. The molecule has 54 heavy (non-hydrogen) atoms. The van der Waals surface area contributed by atoms with Gasteiger partial charge in [0.2, 0.25) is 0 Å². The first-order valence-electron chi connectivity index (χ1n) is 20.3. The molecular formula is C46H56N4O4. The zero-order chi connectivity index (χ0) is 38.5. The summed E-state index contributed by atoms with van der Waals surface area (Å²) in [4.78, 5) is 66.8. The minimum absolute atomic E-state index is 0.152. The Morgan fingerprint density at radius 3 is 1.20 bits per heavy atom. The molecule has 2 atom stereocenters. The van der Waals surface area contributed by atoms with E-state index < -0.39 is 0 Å². The highest BCUT2D eigenvalue weighted by molar-refractivity contribution is 6.36. The van der Waals surface area contributed by atoms with Gasteiger partial charge < -0.3 is 9.80 Å². The topological polar surface area (TPSA) is 81.2 Å². The van der Waals surface area contributed by atoms with Gasteiger partial charge in [0, 0.05) is 48.3 Å². The molecule has 0 saturated heterocycles. The second-order valence-electron chi connectivity index (χ2n) is 14.8. The summed E-state index contributed by atoms with van der Waals surface area (Å²) < 4.78 is 0. The molecule has 2 aliphatic rings. The Labute approximate surface area is 321 Å². The summed E-state index contributed by atoms with van der Waals surface area (Å²) in [6.07, 6.45) is 7.61. The van der Waals surface area contributed by atoms with Crippen LogP contribution in [-0.4, -0.2) is 59.6 Å². The van der Waals surface area contributed by atoms with E-state index in [0.29, 0.717) is 70.6 Å². The van der Waals surface area contributed by atoms with E-state index >= 15 is 9.59 Å². The van der Waals surface area contributed by atoms with Crippen molar-refractivity contribution in [2.24, 2.45) is 11.8 Å². The van der Waals surface area contributed by atoms with E-state index in [1.54, 1.807) is 0 Å². The number of rotatable bonds is 18. The van der Waals surface area contributed by atoms with Crippen LogP contribution in [0.5, 0.6) is 0 Å². The third kappa shape index (κ3) is 7.03. The fourth-order valence-corrected chi connectivity index (χ4v) is 8.43. The van der Waals surface area contributed by atoms with Crippen LogP contribution in [0.1, 0.15) is 134 Å². The fraction of sp³-hybridized carbons (Fsp3) is 0.435. The minimum Gasteiger partial charge on any atom is -0.341 e. The number of hydrogen-bond donors (Lipinski definition) is 0. The van der Waals surface area contributed by atoms with Crippen molar-refractivity contribution in [1.29, 1.82) is 0 Å². The zero-order valence-corrected chi connectivity index (χ0v) is 33.0. The summed E-state index contributed by atoms with van der Waals surface area (Å²) in [7, 11) is 0. The smallest absolute Gasteiger partial charge is 0.263 e. The molecule has 0 N–H and O–H groups in total. The van der Waals surface area contributed by atoms with Gasteiger partial charge in [0.05, 0.1) is 33.6 Å². The van der Waals surface area contributed by atoms with Crippen LogP contribution in [0.3, 0.4) is 0 Å². The molecule has 0 saturated carbocycles. The molecular weight excluding hydrogens is 673 g/mol. The van der Waals surface area contributed by atoms with Crippen molar-refractivity contribution in [1.82, 2.24) is 9.80 Å². The first kappa shape index (κ1) is 38.7. The maximum Gasteiger partial charge on any atom is 0.263 e. The lowest BCUT2D eigenvalue weighted by Crippen LogP contribution is -2.46. The van der Waals surface area contributed by atoms with E-state index in [1.807, 2.05) is 86.6 Å². The molecule has 4 aromatic rings. The second-order valence-corrected chi connectivity index (χ2v) is 14.8. The van der Waals surface area contributed by atoms with Crippen LogP contribution in [0.25, 0.3) is 10.8 Å². The molecule has 0 aliphatic carbocycles. The molecule has 4 amide bonds. The van der Waals surface area contributed by atoms with Crippen molar-refractivity contribution >= 4 is 57.2 Å². The predicted octanol–water partition coefficient (Wildman–Crippen LogP) is 10.8. The lowest BCUT2D eigenvalue weighted by molar-refractivity contribution is 0.0559. The summed E-state index contributed by atoms with van der Waals surface area (Å²) >= 11 is 0. The standard InChI is InChI=1S/C46H56N4O4/c1-7-13-21-31(9-3)29-49-43(51)35-27-38(48(12-6)34-25-19-16-20-26-34)42-40-36(44(52)50(46(42)54)30-32(10-4)22-14-8-2)28-37(41(39(35)40)45(49)53)47(11-5)33-23-17-15-18-24-33/h15-20,23-28,31-32H,7-14,21-22,29-30H2,1-6H3. The highest BCUT2D eigenvalue weighted by atomic mass is 16.2. The van der Waals surface area contributed by atoms with Gasteiger partial charge in [-0.3, -0.25) is 29.0 Å². The monoisotopic (exact) mass is 728 g/mol. The SMILES string of the molecule is CCCCC(CC)CN1C(=O)c2cc(N(CC)c3ccccc3)c3c4c(cc(N(CC)c5ccccc5)c(c24)C1=O)C(=O)N(CC(CC)CCCC)C3=O. The Balaban J connectivity index is 1.69. The lowest BCUT2D eigenvalue weighted by Gasteiger charge is -2.39. The summed E-state index contributed by atoms with van der Waals surface area (Å²) in [5.41, 5.74) is 4.35. The van der Waals surface area contributed by atoms with E-state index in [9.17, 15) is 9.59 Å². The van der Waals surface area contributed by atoms with Gasteiger partial charge in [0.25, 0.3) is 23.6 Å². The molecule has 6 rings (SSSR count). The van der Waals surface area contributed by atoms with Gasteiger partial charge in [0.1, 0.15) is 0 Å². The van der Waals surface area contributed by atoms with E-state index in [2.05, 4.69) is 37.5 Å². The van der Waals surface area contributed by atoms with Crippen molar-refractivity contribution in [2.75, 3.05) is 36.0 Å². The van der Waals surface area contributed by atoms with Gasteiger partial charge in [-0.1, -0.05) is 103 Å². The molecule has 0 fully saturated rings. The van der Waals surface area contributed by atoms with E-state index in [4.69, 9.17) is 0 Å². The number of carbonyl (C=O) groups is 4. The molecule has 2 aliphatic heterocycles. The van der Waals surface area contributed by atoms with Crippen molar-refractivity contribution in [2.45, 2.75) is 92.9 Å². The Morgan fingerprint density at radius 1 is 0.519 bits per heavy atom. The van der Waals surface area contributed by atoms with Crippen molar-refractivity contribution in [3.05, 3.63) is 95.1 Å². The number of para-hydroxylation sites is 2. The summed E-state index contributed by atoms with van der Waals surface area (Å²) in [6.45, 7) is 14.2. The fourth-order valence-electron chi connectivity index (χ4n) is 8.43. The number of benzene rings is 4.